The summed E-state index contributed by atoms with van der Waals surface area (Å²) in [6.45, 7) is 0.412. The molecule has 112 valence electrons. The summed E-state index contributed by atoms with van der Waals surface area (Å²) in [4.78, 5) is 2.42. The van der Waals surface area contributed by atoms with Crippen LogP contribution in [0.2, 0.25) is 0 Å². The molecule has 2 bridgehead atoms. The number of aliphatic hydroxyl groups is 1. The molecule has 0 radical (unpaired) electrons. The van der Waals surface area contributed by atoms with Crippen molar-refractivity contribution in [3.05, 3.63) is 29.8 Å². The molecule has 0 saturated carbocycles. The van der Waals surface area contributed by atoms with Gasteiger partial charge < -0.3 is 14.7 Å². The van der Waals surface area contributed by atoms with Gasteiger partial charge in [0, 0.05) is 12.1 Å². The fourth-order valence-corrected chi connectivity index (χ4v) is 3.76. The quantitative estimate of drug-likeness (QED) is 0.864. The molecule has 4 nitrogen and oxygen atoms in total. The van der Waals surface area contributed by atoms with Gasteiger partial charge >= 0.3 is 0 Å². The van der Waals surface area contributed by atoms with Crippen LogP contribution in [0, 0.1) is 11.3 Å². The predicted molar refractivity (Wildman–Crippen MR) is 79.9 cm³/mol. The third-order valence-electron chi connectivity index (χ3n) is 5.01. The Morgan fingerprint density at radius 1 is 1.29 bits per heavy atom. The second kappa shape index (κ2) is 5.67. The van der Waals surface area contributed by atoms with Gasteiger partial charge in [-0.1, -0.05) is 12.1 Å². The molecule has 2 fully saturated rings. The van der Waals surface area contributed by atoms with Crippen LogP contribution in [-0.2, 0) is 5.60 Å². The number of nitriles is 1. The van der Waals surface area contributed by atoms with E-state index < -0.39 is 5.60 Å². The van der Waals surface area contributed by atoms with Crippen molar-refractivity contribution in [2.45, 2.75) is 49.8 Å². The average Bonchev–Trinajstić information content (AvgIpc) is 2.72. The van der Waals surface area contributed by atoms with Gasteiger partial charge in [0.15, 0.2) is 0 Å². The summed E-state index contributed by atoms with van der Waals surface area (Å²) in [5.74, 6) is 0.758. The van der Waals surface area contributed by atoms with E-state index in [0.29, 0.717) is 25.1 Å². The van der Waals surface area contributed by atoms with Crippen molar-refractivity contribution in [1.29, 1.82) is 5.26 Å². The first-order valence-electron chi connectivity index (χ1n) is 7.67. The van der Waals surface area contributed by atoms with E-state index in [2.05, 4.69) is 18.0 Å². The van der Waals surface area contributed by atoms with Crippen molar-refractivity contribution in [2.75, 3.05) is 13.7 Å². The van der Waals surface area contributed by atoms with Crippen molar-refractivity contribution < 1.29 is 9.84 Å². The van der Waals surface area contributed by atoms with Crippen LogP contribution in [0.15, 0.2) is 24.3 Å². The molecule has 2 heterocycles. The summed E-state index contributed by atoms with van der Waals surface area (Å²) in [7, 11) is 2.17. The van der Waals surface area contributed by atoms with Crippen LogP contribution in [-0.4, -0.2) is 35.7 Å². The molecule has 0 aromatic heterocycles. The minimum atomic E-state index is -0.705. The lowest BCUT2D eigenvalue weighted by molar-refractivity contribution is -0.0493. The molecule has 2 aliphatic rings. The molecule has 0 amide bonds. The molecule has 3 rings (SSSR count). The molecule has 0 aliphatic carbocycles. The van der Waals surface area contributed by atoms with Crippen LogP contribution < -0.4 is 4.74 Å². The van der Waals surface area contributed by atoms with E-state index in [1.807, 2.05) is 24.3 Å². The zero-order chi connectivity index (χ0) is 14.9. The fourth-order valence-electron chi connectivity index (χ4n) is 3.76. The van der Waals surface area contributed by atoms with Crippen LogP contribution in [0.25, 0.3) is 0 Å². The first-order valence-corrected chi connectivity index (χ1v) is 7.67. The SMILES string of the molecule is CN1C2CCC1CC(O)(c1ccc(OCCC#N)cc1)C2. The molecule has 2 unspecified atom stereocenters. The van der Waals surface area contributed by atoms with E-state index in [0.717, 1.165) is 24.2 Å². The van der Waals surface area contributed by atoms with Crippen molar-refractivity contribution in [1.82, 2.24) is 4.90 Å². The first-order chi connectivity index (χ1) is 10.1. The number of hydrogen-bond donors (Lipinski definition) is 1. The lowest BCUT2D eigenvalue weighted by atomic mass is 9.81. The predicted octanol–water partition coefficient (Wildman–Crippen LogP) is 2.42. The van der Waals surface area contributed by atoms with E-state index in [4.69, 9.17) is 10.00 Å². The fraction of sp³-hybridized carbons (Fsp3) is 0.588. The van der Waals surface area contributed by atoms with E-state index in [1.165, 1.54) is 12.8 Å². The van der Waals surface area contributed by atoms with Crippen molar-refractivity contribution in [3.63, 3.8) is 0 Å². The molecule has 2 saturated heterocycles. The van der Waals surface area contributed by atoms with Gasteiger partial charge in [0.05, 0.1) is 18.1 Å². The summed E-state index contributed by atoms with van der Waals surface area (Å²) >= 11 is 0. The lowest BCUT2D eigenvalue weighted by Crippen LogP contribution is -2.47. The molecule has 21 heavy (non-hydrogen) atoms. The number of hydrogen-bond acceptors (Lipinski definition) is 4. The van der Waals surface area contributed by atoms with E-state index >= 15 is 0 Å². The normalized spacial score (nSPS) is 31.9. The maximum atomic E-state index is 11.0. The highest BCUT2D eigenvalue weighted by Crippen LogP contribution is 2.45. The van der Waals surface area contributed by atoms with Crippen LogP contribution in [0.4, 0.5) is 0 Å². The molecule has 4 heteroatoms. The minimum Gasteiger partial charge on any atom is -0.493 e. The van der Waals surface area contributed by atoms with Crippen LogP contribution >= 0.6 is 0 Å². The molecule has 2 atom stereocenters. The Morgan fingerprint density at radius 2 is 1.90 bits per heavy atom. The standard InChI is InChI=1S/C17H22N2O2/c1-19-14-5-6-15(19)12-17(20,11-14)13-3-7-16(8-4-13)21-10-2-9-18/h3-4,7-8,14-15,20H,2,5-6,10-12H2,1H3. The first kappa shape index (κ1) is 14.4. The number of fused-ring (bicyclic) bond motifs is 2. The Labute approximate surface area is 125 Å². The Morgan fingerprint density at radius 3 is 2.48 bits per heavy atom. The molecule has 1 N–H and O–H groups in total. The van der Waals surface area contributed by atoms with Gasteiger partial charge in [0.2, 0.25) is 0 Å². The van der Waals surface area contributed by atoms with Crippen molar-refractivity contribution >= 4 is 0 Å². The maximum absolute atomic E-state index is 11.0. The van der Waals surface area contributed by atoms with Gasteiger partial charge in [-0.2, -0.15) is 5.26 Å². The molecule has 2 aliphatic heterocycles. The van der Waals surface area contributed by atoms with Gasteiger partial charge in [-0.05, 0) is 50.4 Å². The van der Waals surface area contributed by atoms with Gasteiger partial charge in [-0.15, -0.1) is 0 Å². The number of piperidine rings is 1. The highest BCUT2D eigenvalue weighted by Gasteiger charge is 2.46. The Balaban J connectivity index is 1.70. The van der Waals surface area contributed by atoms with Crippen molar-refractivity contribution in [3.8, 4) is 11.8 Å². The Kier molecular flexibility index (Phi) is 3.88. The lowest BCUT2D eigenvalue weighted by Gasteiger charge is -2.42. The summed E-state index contributed by atoms with van der Waals surface area (Å²) in [5, 5.41) is 19.5. The van der Waals surface area contributed by atoms with Crippen LogP contribution in [0.3, 0.4) is 0 Å². The Hall–Kier alpha value is -1.57. The van der Waals surface area contributed by atoms with Gasteiger partial charge in [-0.3, -0.25) is 0 Å². The molecular formula is C17H22N2O2. The number of rotatable bonds is 4. The van der Waals surface area contributed by atoms with Crippen molar-refractivity contribution in [2.24, 2.45) is 0 Å². The highest BCUT2D eigenvalue weighted by atomic mass is 16.5. The van der Waals surface area contributed by atoms with Crippen LogP contribution in [0.5, 0.6) is 5.75 Å². The third kappa shape index (κ3) is 2.76. The summed E-state index contributed by atoms with van der Waals surface area (Å²) in [6.07, 6.45) is 4.41. The van der Waals surface area contributed by atoms with E-state index in [-0.39, 0.29) is 0 Å². The second-order valence-electron chi connectivity index (χ2n) is 6.27. The van der Waals surface area contributed by atoms with Gasteiger partial charge in [0.1, 0.15) is 12.4 Å². The van der Waals surface area contributed by atoms with E-state index in [9.17, 15) is 5.11 Å². The molecular weight excluding hydrogens is 264 g/mol. The number of ether oxygens (including phenoxy) is 1. The zero-order valence-electron chi connectivity index (χ0n) is 12.5. The monoisotopic (exact) mass is 286 g/mol. The average molecular weight is 286 g/mol. The van der Waals surface area contributed by atoms with Gasteiger partial charge in [0.25, 0.3) is 0 Å². The summed E-state index contributed by atoms with van der Waals surface area (Å²) in [6, 6.07) is 10.8. The molecule has 0 spiro atoms. The van der Waals surface area contributed by atoms with Crippen LogP contribution in [0.1, 0.15) is 37.7 Å². The number of benzene rings is 1. The highest BCUT2D eigenvalue weighted by molar-refractivity contribution is 5.32. The third-order valence-corrected chi connectivity index (χ3v) is 5.01. The topological polar surface area (TPSA) is 56.5 Å². The summed E-state index contributed by atoms with van der Waals surface area (Å²) in [5.41, 5.74) is 0.281. The maximum Gasteiger partial charge on any atom is 0.119 e. The zero-order valence-corrected chi connectivity index (χ0v) is 12.5. The molecule has 1 aromatic carbocycles. The largest absolute Gasteiger partial charge is 0.493 e. The molecule has 1 aromatic rings. The smallest absolute Gasteiger partial charge is 0.119 e. The van der Waals surface area contributed by atoms with E-state index in [1.54, 1.807) is 0 Å². The van der Waals surface area contributed by atoms with Gasteiger partial charge in [-0.25, -0.2) is 0 Å². The minimum absolute atomic E-state index is 0.390. The number of nitrogens with zero attached hydrogens (tertiary/aromatic N) is 2. The summed E-state index contributed by atoms with van der Waals surface area (Å²) < 4.78 is 5.48. The second-order valence-corrected chi connectivity index (χ2v) is 6.27. The Bertz CT molecular complexity index is 521.